The summed E-state index contributed by atoms with van der Waals surface area (Å²) in [4.78, 5) is 30.3. The highest BCUT2D eigenvalue weighted by molar-refractivity contribution is 8.00. The normalized spacial score (nSPS) is 10.8. The van der Waals surface area contributed by atoms with E-state index in [4.69, 9.17) is 11.6 Å². The third-order valence-corrected chi connectivity index (χ3v) is 7.37. The molecule has 0 fully saturated rings. The van der Waals surface area contributed by atoms with E-state index < -0.39 is 0 Å². The summed E-state index contributed by atoms with van der Waals surface area (Å²) >= 11 is 8.77. The van der Waals surface area contributed by atoms with Crippen LogP contribution in [0.5, 0.6) is 0 Å². The predicted molar refractivity (Wildman–Crippen MR) is 150 cm³/mol. The zero-order valence-corrected chi connectivity index (χ0v) is 21.3. The van der Waals surface area contributed by atoms with Crippen molar-refractivity contribution in [2.45, 2.75) is 4.90 Å². The van der Waals surface area contributed by atoms with E-state index in [1.54, 1.807) is 36.4 Å². The van der Waals surface area contributed by atoms with Crippen molar-refractivity contribution in [2.24, 2.45) is 0 Å². The first-order valence-electron chi connectivity index (χ1n) is 11.1. The Balaban J connectivity index is 1.14. The third kappa shape index (κ3) is 5.94. The number of thioether (sulfide) groups is 1. The van der Waals surface area contributed by atoms with Crippen LogP contribution >= 0.6 is 34.7 Å². The van der Waals surface area contributed by atoms with Crippen LogP contribution in [0.4, 0.5) is 10.8 Å². The Hall–Kier alpha value is -3.65. The number of thiazole rings is 1. The average molecular weight is 530 g/mol. The molecule has 8 heteroatoms. The van der Waals surface area contributed by atoms with Crippen LogP contribution in [-0.4, -0.2) is 22.6 Å². The summed E-state index contributed by atoms with van der Waals surface area (Å²) in [5, 5.41) is 11.1. The van der Waals surface area contributed by atoms with Crippen LogP contribution in [0, 0.1) is 0 Å². The highest BCUT2D eigenvalue weighted by Crippen LogP contribution is 2.28. The standard InChI is InChI=1S/C28H20ClN3O2S2/c29-22-7-3-6-21(15-22)27(34)30-23-10-12-24(13-11-23)35-17-26(33)32-28-31-25(16-36-28)20-9-8-18-4-1-2-5-19(18)14-20/h1-16H,17H2,(H,30,34)(H,31,32,33). The van der Waals surface area contributed by atoms with E-state index >= 15 is 0 Å². The van der Waals surface area contributed by atoms with Crippen molar-refractivity contribution in [2.75, 3.05) is 16.4 Å². The maximum Gasteiger partial charge on any atom is 0.255 e. The van der Waals surface area contributed by atoms with Crippen LogP contribution in [0.25, 0.3) is 22.0 Å². The number of hydrogen-bond acceptors (Lipinski definition) is 5. The van der Waals surface area contributed by atoms with Gasteiger partial charge in [-0.15, -0.1) is 23.1 Å². The molecule has 178 valence electrons. The number of fused-ring (bicyclic) bond motifs is 1. The maximum absolute atomic E-state index is 12.5. The molecule has 0 saturated heterocycles. The van der Waals surface area contributed by atoms with Gasteiger partial charge in [0.25, 0.3) is 5.91 Å². The van der Waals surface area contributed by atoms with Gasteiger partial charge in [0.15, 0.2) is 5.13 Å². The number of amides is 2. The van der Waals surface area contributed by atoms with Crippen LogP contribution in [0.15, 0.2) is 101 Å². The van der Waals surface area contributed by atoms with Gasteiger partial charge in [0.1, 0.15) is 0 Å². The van der Waals surface area contributed by atoms with E-state index in [2.05, 4.69) is 39.9 Å². The highest BCUT2D eigenvalue weighted by atomic mass is 35.5. The second kappa shape index (κ2) is 11.0. The van der Waals surface area contributed by atoms with Crippen molar-refractivity contribution in [3.05, 3.63) is 107 Å². The molecule has 0 aliphatic carbocycles. The second-order valence-corrected chi connectivity index (χ2v) is 10.3. The molecule has 2 N–H and O–H groups in total. The van der Waals surface area contributed by atoms with Crippen molar-refractivity contribution < 1.29 is 9.59 Å². The predicted octanol–water partition coefficient (Wildman–Crippen LogP) is 7.60. The van der Waals surface area contributed by atoms with Gasteiger partial charge in [-0.3, -0.25) is 9.59 Å². The van der Waals surface area contributed by atoms with E-state index in [1.165, 1.54) is 28.5 Å². The van der Waals surface area contributed by atoms with Gasteiger partial charge in [-0.2, -0.15) is 0 Å². The molecule has 5 rings (SSSR count). The fourth-order valence-electron chi connectivity index (χ4n) is 3.58. The monoisotopic (exact) mass is 529 g/mol. The van der Waals surface area contributed by atoms with Crippen molar-refractivity contribution >= 4 is 68.1 Å². The van der Waals surface area contributed by atoms with Gasteiger partial charge in [-0.05, 0) is 59.3 Å². The number of nitrogens with zero attached hydrogens (tertiary/aromatic N) is 1. The summed E-state index contributed by atoms with van der Waals surface area (Å²) in [7, 11) is 0. The molecular formula is C28H20ClN3O2S2. The number of aromatic nitrogens is 1. The Morgan fingerprint density at radius 3 is 2.47 bits per heavy atom. The molecule has 2 amide bonds. The molecule has 0 radical (unpaired) electrons. The minimum atomic E-state index is -0.233. The summed E-state index contributed by atoms with van der Waals surface area (Å²) in [6.45, 7) is 0. The van der Waals surface area contributed by atoms with Crippen LogP contribution < -0.4 is 10.6 Å². The Morgan fingerprint density at radius 2 is 1.67 bits per heavy atom. The Labute approximate surface area is 221 Å². The molecule has 0 bridgehead atoms. The second-order valence-electron chi connectivity index (χ2n) is 7.93. The van der Waals surface area contributed by atoms with Crippen molar-refractivity contribution in [3.63, 3.8) is 0 Å². The molecule has 4 aromatic carbocycles. The molecule has 1 aromatic heterocycles. The largest absolute Gasteiger partial charge is 0.322 e. The van der Waals surface area contributed by atoms with Crippen molar-refractivity contribution in [3.8, 4) is 11.3 Å². The molecule has 0 saturated carbocycles. The first-order chi connectivity index (χ1) is 17.5. The van der Waals surface area contributed by atoms with Gasteiger partial charge in [-0.1, -0.05) is 54.1 Å². The molecule has 0 aliphatic rings. The molecule has 1 heterocycles. The fourth-order valence-corrected chi connectivity index (χ4v) is 5.21. The van der Waals surface area contributed by atoms with E-state index in [1.807, 2.05) is 35.7 Å². The number of hydrogen-bond donors (Lipinski definition) is 2. The lowest BCUT2D eigenvalue weighted by Gasteiger charge is -2.07. The first-order valence-corrected chi connectivity index (χ1v) is 13.3. The van der Waals surface area contributed by atoms with Crippen LogP contribution in [0.1, 0.15) is 10.4 Å². The first kappa shape index (κ1) is 24.1. The lowest BCUT2D eigenvalue weighted by Crippen LogP contribution is -2.13. The Kier molecular flexibility index (Phi) is 7.32. The topological polar surface area (TPSA) is 71.1 Å². The smallest absolute Gasteiger partial charge is 0.255 e. The quantitative estimate of drug-likeness (QED) is 0.213. The lowest BCUT2D eigenvalue weighted by molar-refractivity contribution is -0.113. The Morgan fingerprint density at radius 1 is 0.861 bits per heavy atom. The van der Waals surface area contributed by atoms with Gasteiger partial charge in [0.2, 0.25) is 5.91 Å². The van der Waals surface area contributed by atoms with Gasteiger partial charge >= 0.3 is 0 Å². The highest BCUT2D eigenvalue weighted by Gasteiger charge is 2.10. The van der Waals surface area contributed by atoms with E-state index in [9.17, 15) is 9.59 Å². The number of benzene rings is 4. The van der Waals surface area contributed by atoms with Crippen LogP contribution in [0.3, 0.4) is 0 Å². The SMILES string of the molecule is O=C(CSc1ccc(NC(=O)c2cccc(Cl)c2)cc1)Nc1nc(-c2ccc3ccccc3c2)cs1. The molecular weight excluding hydrogens is 510 g/mol. The summed E-state index contributed by atoms with van der Waals surface area (Å²) in [5.41, 5.74) is 3.01. The van der Waals surface area contributed by atoms with E-state index in [0.29, 0.717) is 21.4 Å². The van der Waals surface area contributed by atoms with Gasteiger partial charge in [0.05, 0.1) is 11.4 Å². The van der Waals surface area contributed by atoms with E-state index in [0.717, 1.165) is 21.5 Å². The van der Waals surface area contributed by atoms with Crippen LogP contribution in [0.2, 0.25) is 5.02 Å². The summed E-state index contributed by atoms with van der Waals surface area (Å²) in [6, 6.07) is 28.5. The number of carbonyl (C=O) groups is 2. The number of halogens is 1. The van der Waals surface area contributed by atoms with Gasteiger partial charge in [0, 0.05) is 32.1 Å². The number of anilines is 2. The maximum atomic E-state index is 12.5. The minimum absolute atomic E-state index is 0.127. The average Bonchev–Trinajstić information content (AvgIpc) is 3.36. The van der Waals surface area contributed by atoms with Crippen molar-refractivity contribution in [1.29, 1.82) is 0 Å². The zero-order valence-electron chi connectivity index (χ0n) is 18.9. The third-order valence-electron chi connectivity index (χ3n) is 5.36. The lowest BCUT2D eigenvalue weighted by atomic mass is 10.1. The van der Waals surface area contributed by atoms with Crippen LogP contribution in [-0.2, 0) is 4.79 Å². The zero-order chi connectivity index (χ0) is 24.9. The van der Waals surface area contributed by atoms with Crippen molar-refractivity contribution in [1.82, 2.24) is 4.98 Å². The molecule has 5 aromatic rings. The fraction of sp³-hybridized carbons (Fsp3) is 0.0357. The molecule has 0 unspecified atom stereocenters. The summed E-state index contributed by atoms with van der Waals surface area (Å²) in [6.07, 6.45) is 0. The summed E-state index contributed by atoms with van der Waals surface area (Å²) in [5.74, 6) is -0.111. The molecule has 36 heavy (non-hydrogen) atoms. The van der Waals surface area contributed by atoms with Gasteiger partial charge in [-0.25, -0.2) is 4.98 Å². The molecule has 0 spiro atoms. The molecule has 5 nitrogen and oxygen atoms in total. The number of nitrogens with one attached hydrogen (secondary N) is 2. The molecule has 0 aliphatic heterocycles. The Bertz CT molecular complexity index is 1550. The van der Waals surface area contributed by atoms with E-state index in [-0.39, 0.29) is 17.6 Å². The summed E-state index contributed by atoms with van der Waals surface area (Å²) < 4.78 is 0. The number of rotatable bonds is 7. The minimum Gasteiger partial charge on any atom is -0.322 e. The number of carbonyl (C=O) groups excluding carboxylic acids is 2. The molecule has 0 atom stereocenters. The van der Waals surface area contributed by atoms with Gasteiger partial charge < -0.3 is 10.6 Å².